The number of aliphatic hydroxyl groups is 1. The Morgan fingerprint density at radius 2 is 1.62 bits per heavy atom. The first-order valence-corrected chi connectivity index (χ1v) is 27.8. The molecule has 2 aromatic heterocycles. The average molecular weight is 1080 g/mol. The fourth-order valence-electron chi connectivity index (χ4n) is 12.1. The van der Waals surface area contributed by atoms with E-state index in [1.54, 1.807) is 35.2 Å². The fraction of sp³-hybridized carbons (Fsp3) is 0.534. The van der Waals surface area contributed by atoms with Crippen LogP contribution in [0.1, 0.15) is 126 Å². The molecule has 1 aliphatic carbocycles. The van der Waals surface area contributed by atoms with Gasteiger partial charge in [0, 0.05) is 105 Å². The number of nitrogens with zero attached hydrogens (tertiary/aromatic N) is 8. The van der Waals surface area contributed by atoms with E-state index in [1.165, 1.54) is 13.3 Å². The van der Waals surface area contributed by atoms with Gasteiger partial charge in [-0.05, 0) is 126 Å². The minimum atomic E-state index is -0.869. The van der Waals surface area contributed by atoms with Crippen LogP contribution in [0.5, 0.6) is 11.6 Å². The first-order chi connectivity index (χ1) is 37.5. The number of aromatic nitrogens is 2. The highest BCUT2D eigenvalue weighted by atomic mass is 19.1. The first-order valence-electron chi connectivity index (χ1n) is 27.8. The molecular formula is C58H76F2N12O6. The monoisotopic (exact) mass is 1070 g/mol. The van der Waals surface area contributed by atoms with E-state index >= 15 is 0 Å². The van der Waals surface area contributed by atoms with Crippen LogP contribution in [-0.2, 0) is 9.59 Å². The number of piperazine rings is 1. The van der Waals surface area contributed by atoms with Crippen LogP contribution in [0.3, 0.4) is 0 Å². The lowest BCUT2D eigenvalue weighted by atomic mass is 9.91. The van der Waals surface area contributed by atoms with E-state index in [2.05, 4.69) is 47.2 Å². The van der Waals surface area contributed by atoms with Gasteiger partial charge < -0.3 is 66.5 Å². The number of rotatable bonds is 15. The molecule has 6 aliphatic rings. The number of likely N-dealkylation sites (tertiary alicyclic amines) is 3. The molecule has 5 aliphatic heterocycles. The van der Waals surface area contributed by atoms with Crippen molar-refractivity contribution in [3.8, 4) is 17.7 Å². The van der Waals surface area contributed by atoms with Crippen molar-refractivity contribution < 1.29 is 37.8 Å². The number of benzene rings is 2. The van der Waals surface area contributed by atoms with Gasteiger partial charge in [0.25, 0.3) is 0 Å². The maximum absolute atomic E-state index is 14.6. The highest BCUT2D eigenvalue weighted by Crippen LogP contribution is 2.39. The zero-order valence-corrected chi connectivity index (χ0v) is 45.1. The van der Waals surface area contributed by atoms with Crippen molar-refractivity contribution in [3.05, 3.63) is 112 Å². The molecule has 7 heterocycles. The second kappa shape index (κ2) is 24.7. The standard InChI is InChI=1S/C33H44F2N6O4.C25H32N6O2/c1-20(2)31(29-17-30(38-45-29)40-13-6-22(7-14-40)19-39-11-8-24(42)9-12-39)33(44)41-10-4-5-28(41)32(43)37-21(3)25-16-26(34)23(18-36)15-27(25)35;26-21(20-6-1-2-7-23(20)32)13-22(25(27)28)30-14-17-8-9-18(15-30)31(17)16-10-11-29-24(12-16)33-19-4-3-5-19/h15-17,20-22,24,28,31,42H,4-14,19H2,1-3H3,(H,37,43);1-2,6-7,10-13,17-19,32H,3-5,8-9,14-15,26-28H2/b;21-13-/t21-,28?,31?;/m1./s1. The van der Waals surface area contributed by atoms with E-state index in [9.17, 15) is 28.6 Å². The number of anilines is 2. The van der Waals surface area contributed by atoms with Crippen molar-refractivity contribution in [2.45, 2.75) is 134 Å². The second-order valence-electron chi connectivity index (χ2n) is 22.3. The third-order valence-corrected chi connectivity index (χ3v) is 16.6. The summed E-state index contributed by atoms with van der Waals surface area (Å²) in [5.74, 6) is -0.218. The number of amides is 2. The molecule has 10 rings (SSSR count). The van der Waals surface area contributed by atoms with Crippen molar-refractivity contribution in [3.63, 3.8) is 0 Å². The number of nitrogens with two attached hydrogens (primary N) is 3. The zero-order valence-electron chi connectivity index (χ0n) is 45.1. The number of carbonyl (C=O) groups excluding carboxylic acids is 2. The Bertz CT molecular complexity index is 2840. The number of phenols is 1. The summed E-state index contributed by atoms with van der Waals surface area (Å²) in [7, 11) is 0. The third-order valence-electron chi connectivity index (χ3n) is 16.6. The lowest BCUT2D eigenvalue weighted by Crippen LogP contribution is -2.53. The quantitative estimate of drug-likeness (QED) is 0.0689. The van der Waals surface area contributed by atoms with E-state index < -0.39 is 41.1 Å². The highest BCUT2D eigenvalue weighted by molar-refractivity contribution is 5.91. The average Bonchev–Trinajstić information content (AvgIpc) is 4.25. The maximum atomic E-state index is 14.6. The summed E-state index contributed by atoms with van der Waals surface area (Å²) in [6.45, 7) is 12.0. The molecule has 20 heteroatoms. The summed E-state index contributed by atoms with van der Waals surface area (Å²) >= 11 is 0. The lowest BCUT2D eigenvalue weighted by molar-refractivity contribution is -0.141. The van der Waals surface area contributed by atoms with E-state index in [0.29, 0.717) is 77.9 Å². The van der Waals surface area contributed by atoms with Gasteiger partial charge in [0.1, 0.15) is 47.3 Å². The van der Waals surface area contributed by atoms with E-state index in [1.807, 2.05) is 32.2 Å². The molecule has 4 unspecified atom stereocenters. The molecule has 9 N–H and O–H groups in total. The number of halogens is 2. The Balaban J connectivity index is 0.000000198. The van der Waals surface area contributed by atoms with Crippen LogP contribution in [0, 0.1) is 34.8 Å². The van der Waals surface area contributed by atoms with Gasteiger partial charge in [-0.1, -0.05) is 31.1 Å². The summed E-state index contributed by atoms with van der Waals surface area (Å²) in [5.41, 5.74) is 20.9. The summed E-state index contributed by atoms with van der Waals surface area (Å²) in [6.07, 6.45) is 14.3. The number of phenolic OH excluding ortho intramolecular Hbond substituents is 1. The first kappa shape index (κ1) is 55.6. The van der Waals surface area contributed by atoms with Crippen molar-refractivity contribution in [1.82, 2.24) is 30.2 Å². The van der Waals surface area contributed by atoms with Gasteiger partial charge >= 0.3 is 0 Å². The molecule has 4 aromatic rings. The molecule has 6 fully saturated rings. The number of ether oxygens (including phenoxy) is 1. The Kier molecular flexibility index (Phi) is 17.6. The van der Waals surface area contributed by atoms with Crippen LogP contribution in [0.4, 0.5) is 20.3 Å². The van der Waals surface area contributed by atoms with Crippen LogP contribution >= 0.6 is 0 Å². The number of pyridine rings is 1. The Hall–Kier alpha value is -7.11. The molecule has 2 aromatic carbocycles. The number of fused-ring (bicyclic) bond motifs is 2. The number of nitriles is 1. The van der Waals surface area contributed by atoms with Gasteiger partial charge in [-0.2, -0.15) is 5.26 Å². The summed E-state index contributed by atoms with van der Waals surface area (Å²) < 4.78 is 40.6. The number of para-hydroxylation sites is 1. The normalized spacial score (nSPS) is 22.1. The van der Waals surface area contributed by atoms with Gasteiger partial charge in [0.2, 0.25) is 17.7 Å². The molecule has 2 bridgehead atoms. The van der Waals surface area contributed by atoms with Crippen LogP contribution in [0.15, 0.2) is 82.9 Å². The van der Waals surface area contributed by atoms with E-state index in [0.717, 1.165) is 115 Å². The summed E-state index contributed by atoms with van der Waals surface area (Å²) in [4.78, 5) is 42.6. The largest absolute Gasteiger partial charge is 0.507 e. The van der Waals surface area contributed by atoms with E-state index in [4.69, 9.17) is 31.7 Å². The number of allylic oxidation sites excluding steroid dienone is 1. The Morgan fingerprint density at radius 3 is 2.27 bits per heavy atom. The van der Waals surface area contributed by atoms with Crippen molar-refractivity contribution in [2.24, 2.45) is 29.0 Å². The highest BCUT2D eigenvalue weighted by Gasteiger charge is 2.43. The van der Waals surface area contributed by atoms with Gasteiger partial charge in [-0.25, -0.2) is 13.8 Å². The summed E-state index contributed by atoms with van der Waals surface area (Å²) in [6, 6.07) is 15.4. The van der Waals surface area contributed by atoms with Crippen LogP contribution in [0.25, 0.3) is 5.70 Å². The number of piperidine rings is 2. The van der Waals surface area contributed by atoms with Crippen molar-refractivity contribution >= 4 is 29.0 Å². The molecule has 0 spiro atoms. The van der Waals surface area contributed by atoms with E-state index in [-0.39, 0.29) is 35.1 Å². The predicted molar refractivity (Wildman–Crippen MR) is 292 cm³/mol. The Labute approximate surface area is 455 Å². The molecule has 5 saturated heterocycles. The zero-order chi connectivity index (χ0) is 55.2. The number of hydrogen-bond donors (Lipinski definition) is 6. The van der Waals surface area contributed by atoms with Gasteiger partial charge in [-0.3, -0.25) is 9.59 Å². The lowest BCUT2D eigenvalue weighted by Gasteiger charge is -2.44. The fourth-order valence-corrected chi connectivity index (χ4v) is 12.1. The third kappa shape index (κ3) is 12.7. The Morgan fingerprint density at radius 1 is 0.897 bits per heavy atom. The van der Waals surface area contributed by atoms with Crippen LogP contribution in [-0.4, -0.2) is 130 Å². The number of aromatic hydroxyl groups is 1. The van der Waals surface area contributed by atoms with Crippen molar-refractivity contribution in [2.75, 3.05) is 62.2 Å². The molecule has 78 heavy (non-hydrogen) atoms. The van der Waals surface area contributed by atoms with Crippen LogP contribution in [0.2, 0.25) is 0 Å². The molecule has 0 radical (unpaired) electrons. The number of carbonyl (C=O) groups is 2. The SMILES string of the molecule is CC(C)C(C(=O)N1CCCC1C(=O)N[C@H](C)c1cc(F)c(C#N)cc1F)c1cc(N2CCC(CN3CCC(O)CC3)CC2)no1.NC(N)=C(/C=C(\N)c1ccccc1O)N1CC2CCC(C1)N2c1ccnc(OC2CCC2)c1. The number of hydrogen-bond acceptors (Lipinski definition) is 16. The summed E-state index contributed by atoms with van der Waals surface area (Å²) in [5, 5.41) is 36.0. The predicted octanol–water partition coefficient (Wildman–Crippen LogP) is 6.56. The smallest absolute Gasteiger partial charge is 0.243 e. The van der Waals surface area contributed by atoms with Gasteiger partial charge in [0.15, 0.2) is 11.6 Å². The minimum absolute atomic E-state index is 0.0691. The maximum Gasteiger partial charge on any atom is 0.243 e. The topological polar surface area (TPSA) is 253 Å². The molecule has 1 saturated carbocycles. The molecular weight excluding hydrogens is 999 g/mol. The molecule has 2 amide bonds. The number of aliphatic hydroxyl groups excluding tert-OH is 1. The van der Waals surface area contributed by atoms with Crippen molar-refractivity contribution in [1.29, 1.82) is 5.26 Å². The molecule has 5 atom stereocenters. The number of nitrogens with one attached hydrogen (secondary N) is 1. The molecule has 18 nitrogen and oxygen atoms in total. The van der Waals surface area contributed by atoms with Gasteiger partial charge in [-0.15, -0.1) is 0 Å². The second-order valence-corrected chi connectivity index (χ2v) is 22.3. The van der Waals surface area contributed by atoms with Gasteiger partial charge in [0.05, 0.1) is 23.4 Å². The van der Waals surface area contributed by atoms with Crippen LogP contribution < -0.4 is 37.1 Å². The minimum Gasteiger partial charge on any atom is -0.507 e. The molecule has 418 valence electrons.